The Labute approximate surface area is 129 Å². The van der Waals surface area contributed by atoms with E-state index in [1.807, 2.05) is 0 Å². The van der Waals surface area contributed by atoms with E-state index in [1.165, 1.54) is 57.8 Å². The highest BCUT2D eigenvalue weighted by molar-refractivity contribution is 5.79. The molecular weight excluding hydrogens is 260 g/mol. The van der Waals surface area contributed by atoms with E-state index >= 15 is 0 Å². The zero-order chi connectivity index (χ0) is 14.9. The van der Waals surface area contributed by atoms with Crippen molar-refractivity contribution >= 4 is 5.91 Å². The van der Waals surface area contributed by atoms with Crippen molar-refractivity contribution in [1.29, 1.82) is 0 Å². The van der Waals surface area contributed by atoms with Gasteiger partial charge in [-0.15, -0.1) is 0 Å². The Kier molecular flexibility index (Phi) is 4.58. The summed E-state index contributed by atoms with van der Waals surface area (Å²) < 4.78 is 0. The van der Waals surface area contributed by atoms with E-state index in [9.17, 15) is 4.79 Å². The van der Waals surface area contributed by atoms with Gasteiger partial charge in [-0.1, -0.05) is 32.6 Å². The fourth-order valence-electron chi connectivity index (χ4n) is 4.97. The molecule has 1 amide bonds. The fourth-order valence-corrected chi connectivity index (χ4v) is 4.97. The van der Waals surface area contributed by atoms with E-state index in [0.29, 0.717) is 17.2 Å². The zero-order valence-corrected chi connectivity index (χ0v) is 13.7. The molecule has 1 aliphatic heterocycles. The minimum atomic E-state index is 0.0804. The van der Waals surface area contributed by atoms with E-state index in [4.69, 9.17) is 5.73 Å². The number of hydrogen-bond donors (Lipinski definition) is 1. The molecule has 3 aliphatic rings. The van der Waals surface area contributed by atoms with E-state index in [1.54, 1.807) is 0 Å². The molecule has 1 heterocycles. The standard InChI is InChI=1S/C18H32N2O/c1-14-6-5-7-15(16(14)19)17(21)20-12-10-18(11-13-20)8-3-2-4-9-18/h14-16H,2-13,19H2,1H3. The molecule has 0 radical (unpaired) electrons. The highest BCUT2D eigenvalue weighted by atomic mass is 16.2. The summed E-state index contributed by atoms with van der Waals surface area (Å²) in [6.07, 6.45) is 12.8. The van der Waals surface area contributed by atoms with Crippen molar-refractivity contribution in [3.05, 3.63) is 0 Å². The van der Waals surface area contributed by atoms with Gasteiger partial charge in [0.25, 0.3) is 0 Å². The number of rotatable bonds is 1. The summed E-state index contributed by atoms with van der Waals surface area (Å²) in [5.41, 5.74) is 6.90. The zero-order valence-electron chi connectivity index (χ0n) is 13.7. The molecule has 1 saturated heterocycles. The van der Waals surface area contributed by atoms with Crippen LogP contribution in [0, 0.1) is 17.3 Å². The van der Waals surface area contributed by atoms with Crippen LogP contribution < -0.4 is 5.73 Å². The minimum absolute atomic E-state index is 0.0804. The molecule has 0 bridgehead atoms. The first kappa shape index (κ1) is 15.3. The molecule has 3 nitrogen and oxygen atoms in total. The third kappa shape index (κ3) is 3.13. The molecule has 3 unspecified atom stereocenters. The number of hydrogen-bond acceptors (Lipinski definition) is 2. The van der Waals surface area contributed by atoms with Gasteiger partial charge >= 0.3 is 0 Å². The first-order valence-electron chi connectivity index (χ1n) is 9.16. The highest BCUT2D eigenvalue weighted by Gasteiger charge is 2.40. The average Bonchev–Trinajstić information content (AvgIpc) is 2.51. The molecule has 21 heavy (non-hydrogen) atoms. The third-order valence-corrected chi connectivity index (χ3v) is 6.66. The van der Waals surface area contributed by atoms with Crippen LogP contribution in [0.1, 0.15) is 71.1 Å². The van der Waals surface area contributed by atoms with Gasteiger partial charge in [-0.2, -0.15) is 0 Å². The van der Waals surface area contributed by atoms with Crippen molar-refractivity contribution in [2.75, 3.05) is 13.1 Å². The van der Waals surface area contributed by atoms with Gasteiger partial charge < -0.3 is 10.6 Å². The molecule has 3 rings (SSSR count). The Morgan fingerprint density at radius 2 is 1.67 bits per heavy atom. The summed E-state index contributed by atoms with van der Waals surface area (Å²) in [4.78, 5) is 15.0. The Balaban J connectivity index is 1.57. The first-order chi connectivity index (χ1) is 10.1. The lowest BCUT2D eigenvalue weighted by molar-refractivity contribution is -0.140. The van der Waals surface area contributed by atoms with Gasteiger partial charge in [-0.25, -0.2) is 0 Å². The first-order valence-corrected chi connectivity index (χ1v) is 9.16. The van der Waals surface area contributed by atoms with Crippen LogP contribution in [-0.2, 0) is 4.79 Å². The van der Waals surface area contributed by atoms with Crippen molar-refractivity contribution in [1.82, 2.24) is 4.90 Å². The van der Waals surface area contributed by atoms with Crippen molar-refractivity contribution in [3.63, 3.8) is 0 Å². The second-order valence-electron chi connectivity index (χ2n) is 7.98. The van der Waals surface area contributed by atoms with Gasteiger partial charge in [0, 0.05) is 19.1 Å². The number of carbonyl (C=O) groups excluding carboxylic acids is 1. The lowest BCUT2D eigenvalue weighted by Gasteiger charge is -2.46. The Morgan fingerprint density at radius 3 is 2.33 bits per heavy atom. The number of likely N-dealkylation sites (tertiary alicyclic amines) is 1. The maximum absolute atomic E-state index is 12.8. The molecule has 3 fully saturated rings. The number of piperidine rings is 1. The summed E-state index contributed by atoms with van der Waals surface area (Å²) in [7, 11) is 0. The van der Waals surface area contributed by atoms with Crippen molar-refractivity contribution in [3.8, 4) is 0 Å². The average molecular weight is 292 g/mol. The molecule has 2 aliphatic carbocycles. The van der Waals surface area contributed by atoms with Crippen LogP contribution in [-0.4, -0.2) is 29.9 Å². The number of carbonyl (C=O) groups is 1. The lowest BCUT2D eigenvalue weighted by Crippen LogP contribution is -2.52. The highest BCUT2D eigenvalue weighted by Crippen LogP contribution is 2.44. The monoisotopic (exact) mass is 292 g/mol. The van der Waals surface area contributed by atoms with Crippen LogP contribution in [0.3, 0.4) is 0 Å². The fraction of sp³-hybridized carbons (Fsp3) is 0.944. The van der Waals surface area contributed by atoms with E-state index in [-0.39, 0.29) is 12.0 Å². The summed E-state index contributed by atoms with van der Waals surface area (Å²) in [6, 6.07) is 0.0804. The van der Waals surface area contributed by atoms with Crippen molar-refractivity contribution < 1.29 is 4.79 Å². The van der Waals surface area contributed by atoms with Crippen LogP contribution in [0.5, 0.6) is 0 Å². The van der Waals surface area contributed by atoms with E-state index < -0.39 is 0 Å². The van der Waals surface area contributed by atoms with Crippen LogP contribution in [0.4, 0.5) is 0 Å². The number of amides is 1. The maximum atomic E-state index is 12.8. The van der Waals surface area contributed by atoms with Gasteiger partial charge in [0.1, 0.15) is 0 Å². The van der Waals surface area contributed by atoms with E-state index in [0.717, 1.165) is 19.5 Å². The van der Waals surface area contributed by atoms with Gasteiger partial charge in [0.05, 0.1) is 5.92 Å². The molecule has 1 spiro atoms. The molecule has 2 N–H and O–H groups in total. The van der Waals surface area contributed by atoms with Crippen molar-refractivity contribution in [2.24, 2.45) is 23.0 Å². The second kappa shape index (κ2) is 6.28. The number of nitrogens with zero attached hydrogens (tertiary/aromatic N) is 1. The van der Waals surface area contributed by atoms with Crippen LogP contribution in [0.15, 0.2) is 0 Å². The van der Waals surface area contributed by atoms with Gasteiger partial charge in [-0.05, 0) is 49.9 Å². The predicted molar refractivity (Wildman–Crippen MR) is 85.8 cm³/mol. The maximum Gasteiger partial charge on any atom is 0.227 e. The molecule has 3 heteroatoms. The van der Waals surface area contributed by atoms with E-state index in [2.05, 4.69) is 11.8 Å². The Morgan fingerprint density at radius 1 is 1.00 bits per heavy atom. The largest absolute Gasteiger partial charge is 0.342 e. The minimum Gasteiger partial charge on any atom is -0.342 e. The molecule has 0 aromatic heterocycles. The lowest BCUT2D eigenvalue weighted by atomic mass is 9.68. The SMILES string of the molecule is CC1CCCC(C(=O)N2CCC3(CCCCC3)CC2)C1N. The second-order valence-corrected chi connectivity index (χ2v) is 7.98. The number of nitrogens with two attached hydrogens (primary N) is 1. The molecule has 0 aromatic carbocycles. The van der Waals surface area contributed by atoms with Gasteiger partial charge in [-0.3, -0.25) is 4.79 Å². The van der Waals surface area contributed by atoms with Gasteiger partial charge in [0.2, 0.25) is 5.91 Å². The van der Waals surface area contributed by atoms with Crippen LogP contribution in [0.2, 0.25) is 0 Å². The Hall–Kier alpha value is -0.570. The smallest absolute Gasteiger partial charge is 0.227 e. The van der Waals surface area contributed by atoms with Crippen LogP contribution >= 0.6 is 0 Å². The summed E-state index contributed by atoms with van der Waals surface area (Å²) in [5.74, 6) is 0.955. The topological polar surface area (TPSA) is 46.3 Å². The Bertz CT molecular complexity index is 365. The molecule has 3 atom stereocenters. The summed E-state index contributed by atoms with van der Waals surface area (Å²) in [6.45, 7) is 4.17. The molecular formula is C18H32N2O. The molecule has 0 aromatic rings. The molecule has 2 saturated carbocycles. The van der Waals surface area contributed by atoms with Crippen LogP contribution in [0.25, 0.3) is 0 Å². The predicted octanol–water partition coefficient (Wildman–Crippen LogP) is 3.32. The normalized spacial score (nSPS) is 36.7. The quantitative estimate of drug-likeness (QED) is 0.806. The van der Waals surface area contributed by atoms with Crippen molar-refractivity contribution in [2.45, 2.75) is 77.2 Å². The van der Waals surface area contributed by atoms with Gasteiger partial charge in [0.15, 0.2) is 0 Å². The summed E-state index contributed by atoms with van der Waals surface area (Å²) in [5, 5.41) is 0. The molecule has 120 valence electrons. The summed E-state index contributed by atoms with van der Waals surface area (Å²) >= 11 is 0. The third-order valence-electron chi connectivity index (χ3n) is 6.66.